The Morgan fingerprint density at radius 3 is 2.95 bits per heavy atom. The summed E-state index contributed by atoms with van der Waals surface area (Å²) in [7, 11) is 1.59. The lowest BCUT2D eigenvalue weighted by atomic mass is 10.1. The van der Waals surface area contributed by atoms with Gasteiger partial charge >= 0.3 is 0 Å². The summed E-state index contributed by atoms with van der Waals surface area (Å²) in [4.78, 5) is 11.4. The first-order chi connectivity index (χ1) is 9.17. The lowest BCUT2D eigenvalue weighted by Crippen LogP contribution is -2.31. The van der Waals surface area contributed by atoms with Gasteiger partial charge in [0.1, 0.15) is 5.75 Å². The van der Waals surface area contributed by atoms with Crippen LogP contribution in [0.5, 0.6) is 5.75 Å². The molecule has 6 heteroatoms. The number of carbonyl (C=O) groups is 1. The molecule has 1 amide bonds. The van der Waals surface area contributed by atoms with Crippen LogP contribution in [0, 0.1) is 0 Å². The van der Waals surface area contributed by atoms with E-state index in [4.69, 9.17) is 15.2 Å². The van der Waals surface area contributed by atoms with E-state index >= 15 is 0 Å². The third-order valence-electron chi connectivity index (χ3n) is 2.43. The lowest BCUT2D eigenvalue weighted by molar-refractivity contribution is -0.123. The fraction of sp³-hybridized carbons (Fsp3) is 0.462. The number of hydrogen-bond acceptors (Lipinski definition) is 4. The molecule has 0 saturated carbocycles. The van der Waals surface area contributed by atoms with Crippen LogP contribution in [0.25, 0.3) is 0 Å². The Balaban J connectivity index is 2.44. The van der Waals surface area contributed by atoms with Crippen LogP contribution in [0.15, 0.2) is 22.7 Å². The zero-order valence-electron chi connectivity index (χ0n) is 10.9. The number of halogens is 1. The maximum atomic E-state index is 11.4. The Morgan fingerprint density at radius 2 is 2.26 bits per heavy atom. The molecule has 5 nitrogen and oxygen atoms in total. The Bertz CT molecular complexity index is 413. The van der Waals surface area contributed by atoms with E-state index in [2.05, 4.69) is 21.2 Å². The second-order valence-corrected chi connectivity index (χ2v) is 4.78. The molecule has 1 aromatic carbocycles. The topological polar surface area (TPSA) is 73.6 Å². The molecular formula is C13H19BrN2O3. The molecule has 1 rings (SSSR count). The number of benzene rings is 1. The van der Waals surface area contributed by atoms with Gasteiger partial charge in [0.15, 0.2) is 6.61 Å². The van der Waals surface area contributed by atoms with Crippen LogP contribution in [0.4, 0.5) is 0 Å². The summed E-state index contributed by atoms with van der Waals surface area (Å²) in [6.07, 6.45) is 0.762. The quantitative estimate of drug-likeness (QED) is 0.700. The van der Waals surface area contributed by atoms with E-state index < -0.39 is 0 Å². The second-order valence-electron chi connectivity index (χ2n) is 3.92. The molecule has 0 fully saturated rings. The van der Waals surface area contributed by atoms with Gasteiger partial charge in [-0.25, -0.2) is 0 Å². The van der Waals surface area contributed by atoms with Gasteiger partial charge < -0.3 is 20.5 Å². The van der Waals surface area contributed by atoms with E-state index in [1.807, 2.05) is 18.2 Å². The SMILES string of the molecule is COCCNC(=O)COc1ccc(Br)c(CCN)c1. The van der Waals surface area contributed by atoms with E-state index in [9.17, 15) is 4.79 Å². The van der Waals surface area contributed by atoms with Crippen molar-refractivity contribution in [2.75, 3.05) is 33.4 Å². The number of rotatable bonds is 8. The van der Waals surface area contributed by atoms with Gasteiger partial charge in [-0.3, -0.25) is 4.79 Å². The molecule has 106 valence electrons. The Hall–Kier alpha value is -1.11. The predicted octanol–water partition coefficient (Wildman–Crippen LogP) is 1.09. The third-order valence-corrected chi connectivity index (χ3v) is 3.20. The van der Waals surface area contributed by atoms with Crippen LogP contribution < -0.4 is 15.8 Å². The van der Waals surface area contributed by atoms with Crippen LogP contribution in [-0.4, -0.2) is 39.3 Å². The van der Waals surface area contributed by atoms with Crippen molar-refractivity contribution in [2.45, 2.75) is 6.42 Å². The molecule has 0 aliphatic carbocycles. The molecule has 0 saturated heterocycles. The van der Waals surface area contributed by atoms with Crippen LogP contribution in [0.2, 0.25) is 0 Å². The number of nitrogens with two attached hydrogens (primary N) is 1. The highest BCUT2D eigenvalue weighted by atomic mass is 79.9. The highest BCUT2D eigenvalue weighted by Gasteiger charge is 2.05. The molecule has 0 aromatic heterocycles. The van der Waals surface area contributed by atoms with Crippen LogP contribution in [-0.2, 0) is 16.0 Å². The first-order valence-electron chi connectivity index (χ1n) is 6.04. The molecule has 0 heterocycles. The van der Waals surface area contributed by atoms with E-state index in [1.54, 1.807) is 7.11 Å². The number of amides is 1. The summed E-state index contributed by atoms with van der Waals surface area (Å²) in [5.41, 5.74) is 6.60. The van der Waals surface area contributed by atoms with Crippen LogP contribution in [0.3, 0.4) is 0 Å². The normalized spacial score (nSPS) is 10.3. The smallest absolute Gasteiger partial charge is 0.258 e. The molecular weight excluding hydrogens is 312 g/mol. The van der Waals surface area contributed by atoms with Crippen molar-refractivity contribution < 1.29 is 14.3 Å². The predicted molar refractivity (Wildman–Crippen MR) is 77.3 cm³/mol. The Labute approximate surface area is 121 Å². The zero-order valence-corrected chi connectivity index (χ0v) is 12.5. The standard InChI is InChI=1S/C13H19BrN2O3/c1-18-7-6-16-13(17)9-19-11-2-3-12(14)10(8-11)4-5-15/h2-3,8H,4-7,9,15H2,1H3,(H,16,17). The van der Waals surface area contributed by atoms with Crippen molar-refractivity contribution in [1.82, 2.24) is 5.32 Å². The van der Waals surface area contributed by atoms with Gasteiger partial charge in [-0.2, -0.15) is 0 Å². The average Bonchev–Trinajstić information content (AvgIpc) is 2.40. The maximum absolute atomic E-state index is 11.4. The fourth-order valence-electron chi connectivity index (χ4n) is 1.48. The number of ether oxygens (including phenoxy) is 2. The van der Waals surface area contributed by atoms with Gasteiger partial charge in [0.25, 0.3) is 5.91 Å². The molecule has 0 aliphatic heterocycles. The third kappa shape index (κ3) is 6.04. The molecule has 0 atom stereocenters. The number of methoxy groups -OCH3 is 1. The van der Waals surface area contributed by atoms with Gasteiger partial charge in [0.2, 0.25) is 0 Å². The molecule has 1 aromatic rings. The summed E-state index contributed by atoms with van der Waals surface area (Å²) in [5, 5.41) is 2.69. The van der Waals surface area contributed by atoms with E-state index in [-0.39, 0.29) is 12.5 Å². The van der Waals surface area contributed by atoms with Crippen molar-refractivity contribution in [3.05, 3.63) is 28.2 Å². The largest absolute Gasteiger partial charge is 0.484 e. The van der Waals surface area contributed by atoms with Crippen molar-refractivity contribution in [3.8, 4) is 5.75 Å². The maximum Gasteiger partial charge on any atom is 0.258 e. The summed E-state index contributed by atoms with van der Waals surface area (Å²) >= 11 is 3.45. The van der Waals surface area contributed by atoms with E-state index in [1.165, 1.54) is 0 Å². The average molecular weight is 331 g/mol. The van der Waals surface area contributed by atoms with Crippen LogP contribution in [0.1, 0.15) is 5.56 Å². The molecule has 19 heavy (non-hydrogen) atoms. The van der Waals surface area contributed by atoms with Crippen molar-refractivity contribution in [3.63, 3.8) is 0 Å². The monoisotopic (exact) mass is 330 g/mol. The zero-order chi connectivity index (χ0) is 14.1. The Morgan fingerprint density at radius 1 is 1.47 bits per heavy atom. The summed E-state index contributed by atoms with van der Waals surface area (Å²) in [5.74, 6) is 0.494. The van der Waals surface area contributed by atoms with Crippen molar-refractivity contribution in [2.24, 2.45) is 5.73 Å². The van der Waals surface area contributed by atoms with Crippen LogP contribution >= 0.6 is 15.9 Å². The molecule has 0 unspecified atom stereocenters. The highest BCUT2D eigenvalue weighted by Crippen LogP contribution is 2.22. The second kappa shape index (κ2) is 8.90. The highest BCUT2D eigenvalue weighted by molar-refractivity contribution is 9.10. The summed E-state index contributed by atoms with van der Waals surface area (Å²) in [6, 6.07) is 5.59. The number of carbonyl (C=O) groups excluding carboxylic acids is 1. The molecule has 0 radical (unpaired) electrons. The molecule has 0 aliphatic rings. The first kappa shape index (κ1) is 15.9. The minimum Gasteiger partial charge on any atom is -0.484 e. The first-order valence-corrected chi connectivity index (χ1v) is 6.83. The van der Waals surface area contributed by atoms with Crippen molar-refractivity contribution in [1.29, 1.82) is 0 Å². The Kier molecular flexibility index (Phi) is 7.47. The van der Waals surface area contributed by atoms with Gasteiger partial charge in [0, 0.05) is 18.1 Å². The minimum absolute atomic E-state index is 0.00654. The number of hydrogen-bond donors (Lipinski definition) is 2. The van der Waals surface area contributed by atoms with E-state index in [0.29, 0.717) is 25.4 Å². The van der Waals surface area contributed by atoms with Crippen molar-refractivity contribution >= 4 is 21.8 Å². The van der Waals surface area contributed by atoms with E-state index in [0.717, 1.165) is 16.5 Å². The minimum atomic E-state index is -0.166. The molecule has 3 N–H and O–H groups in total. The summed E-state index contributed by atoms with van der Waals surface area (Å²) < 4.78 is 11.3. The molecule has 0 bridgehead atoms. The van der Waals surface area contributed by atoms with Gasteiger partial charge in [-0.1, -0.05) is 15.9 Å². The molecule has 0 spiro atoms. The fourth-order valence-corrected chi connectivity index (χ4v) is 1.93. The van der Waals surface area contributed by atoms with Gasteiger partial charge in [0.05, 0.1) is 6.61 Å². The van der Waals surface area contributed by atoms with Gasteiger partial charge in [-0.05, 0) is 36.7 Å². The summed E-state index contributed by atoms with van der Waals surface area (Å²) in [6.45, 7) is 1.54. The lowest BCUT2D eigenvalue weighted by Gasteiger charge is -2.09. The van der Waals surface area contributed by atoms with Gasteiger partial charge in [-0.15, -0.1) is 0 Å². The number of nitrogens with one attached hydrogen (secondary N) is 1.